The number of piperidine rings is 2. The molecule has 3 atom stereocenters. The van der Waals surface area contributed by atoms with Crippen LogP contribution in [0, 0.1) is 29.6 Å². The van der Waals surface area contributed by atoms with Crippen molar-refractivity contribution in [2.75, 3.05) is 26.2 Å². The van der Waals surface area contributed by atoms with Crippen LogP contribution in [-0.2, 0) is 0 Å². The third kappa shape index (κ3) is 3.96. The molecule has 0 radical (unpaired) electrons. The smallest absolute Gasteiger partial charge is 0.00178 e. The summed E-state index contributed by atoms with van der Waals surface area (Å²) in [5.41, 5.74) is 0. The first-order valence-electron chi connectivity index (χ1n) is 8.08. The minimum absolute atomic E-state index is 0.842. The van der Waals surface area contributed by atoms with Gasteiger partial charge in [0.25, 0.3) is 0 Å². The monoisotopic (exact) mass is 252 g/mol. The highest BCUT2D eigenvalue weighted by molar-refractivity contribution is 4.81. The Hall–Kier alpha value is -0.0800. The molecular weight excluding hydrogens is 220 g/mol. The summed E-state index contributed by atoms with van der Waals surface area (Å²) in [5.74, 6) is 4.57. The third-order valence-corrected chi connectivity index (χ3v) is 5.31. The summed E-state index contributed by atoms with van der Waals surface area (Å²) in [5, 5.41) is 7.15. The summed E-state index contributed by atoms with van der Waals surface area (Å²) in [7, 11) is 0. The summed E-state index contributed by atoms with van der Waals surface area (Å²) in [6, 6.07) is 0. The van der Waals surface area contributed by atoms with Gasteiger partial charge in [0, 0.05) is 0 Å². The fraction of sp³-hybridized carbons (Fsp3) is 1.00. The van der Waals surface area contributed by atoms with Gasteiger partial charge in [-0.3, -0.25) is 0 Å². The molecule has 0 aromatic carbocycles. The van der Waals surface area contributed by atoms with E-state index in [0.29, 0.717) is 0 Å². The molecule has 0 saturated carbocycles. The van der Waals surface area contributed by atoms with Gasteiger partial charge in [0.15, 0.2) is 0 Å². The largest absolute Gasteiger partial charge is 0.317 e. The summed E-state index contributed by atoms with van der Waals surface area (Å²) in [6.07, 6.45) is 5.70. The van der Waals surface area contributed by atoms with Crippen LogP contribution in [0.4, 0.5) is 0 Å². The van der Waals surface area contributed by atoms with Crippen molar-refractivity contribution in [3.05, 3.63) is 0 Å². The average molecular weight is 252 g/mol. The molecule has 0 amide bonds. The molecule has 18 heavy (non-hydrogen) atoms. The number of nitrogens with one attached hydrogen (secondary N) is 2. The van der Waals surface area contributed by atoms with E-state index >= 15 is 0 Å². The zero-order valence-electron chi connectivity index (χ0n) is 12.5. The van der Waals surface area contributed by atoms with Crippen LogP contribution in [0.2, 0.25) is 0 Å². The molecule has 0 aromatic rings. The molecule has 2 heteroatoms. The number of rotatable bonds is 4. The van der Waals surface area contributed by atoms with Crippen molar-refractivity contribution in [2.45, 2.75) is 46.5 Å². The van der Waals surface area contributed by atoms with E-state index in [0.717, 1.165) is 29.6 Å². The van der Waals surface area contributed by atoms with Crippen LogP contribution in [0.3, 0.4) is 0 Å². The maximum atomic E-state index is 3.66. The highest BCUT2D eigenvalue weighted by Crippen LogP contribution is 2.32. The molecule has 106 valence electrons. The van der Waals surface area contributed by atoms with Gasteiger partial charge < -0.3 is 10.6 Å². The Kier molecular flexibility index (Phi) is 5.50. The first-order valence-corrected chi connectivity index (χ1v) is 8.08. The van der Waals surface area contributed by atoms with Gasteiger partial charge in [-0.2, -0.15) is 0 Å². The van der Waals surface area contributed by atoms with E-state index in [4.69, 9.17) is 0 Å². The molecule has 2 nitrogen and oxygen atoms in total. The lowest BCUT2D eigenvalue weighted by Crippen LogP contribution is -2.40. The molecule has 2 rings (SSSR count). The molecular formula is C16H32N2. The average Bonchev–Trinajstić information content (AvgIpc) is 2.40. The van der Waals surface area contributed by atoms with Gasteiger partial charge in [-0.1, -0.05) is 20.8 Å². The summed E-state index contributed by atoms with van der Waals surface area (Å²) < 4.78 is 0. The second kappa shape index (κ2) is 6.91. The van der Waals surface area contributed by atoms with Crippen molar-refractivity contribution in [1.82, 2.24) is 10.6 Å². The Morgan fingerprint density at radius 2 is 1.67 bits per heavy atom. The Morgan fingerprint density at radius 3 is 2.33 bits per heavy atom. The predicted molar refractivity (Wildman–Crippen MR) is 78.7 cm³/mol. The van der Waals surface area contributed by atoms with Gasteiger partial charge in [0.05, 0.1) is 0 Å². The topological polar surface area (TPSA) is 24.1 Å². The molecule has 2 saturated heterocycles. The second-order valence-electron chi connectivity index (χ2n) is 7.06. The summed E-state index contributed by atoms with van der Waals surface area (Å²) in [6.45, 7) is 12.2. The van der Waals surface area contributed by atoms with Crippen LogP contribution in [0.1, 0.15) is 46.5 Å². The van der Waals surface area contributed by atoms with Crippen molar-refractivity contribution in [2.24, 2.45) is 29.6 Å². The van der Waals surface area contributed by atoms with E-state index in [1.54, 1.807) is 0 Å². The first-order chi connectivity index (χ1) is 8.66. The molecule has 0 aromatic heterocycles. The highest BCUT2D eigenvalue weighted by atomic mass is 14.9. The Morgan fingerprint density at radius 1 is 0.944 bits per heavy atom. The van der Waals surface area contributed by atoms with Gasteiger partial charge in [-0.25, -0.2) is 0 Å². The quantitative estimate of drug-likeness (QED) is 0.804. The Bertz CT molecular complexity index is 233. The number of hydrogen-bond acceptors (Lipinski definition) is 2. The fourth-order valence-electron chi connectivity index (χ4n) is 3.89. The van der Waals surface area contributed by atoms with Crippen LogP contribution in [0.5, 0.6) is 0 Å². The van der Waals surface area contributed by atoms with Crippen LogP contribution in [0.25, 0.3) is 0 Å². The van der Waals surface area contributed by atoms with Crippen LogP contribution in [-0.4, -0.2) is 26.2 Å². The van der Waals surface area contributed by atoms with Crippen LogP contribution >= 0.6 is 0 Å². The van der Waals surface area contributed by atoms with Crippen molar-refractivity contribution >= 4 is 0 Å². The summed E-state index contributed by atoms with van der Waals surface area (Å²) >= 11 is 0. The van der Waals surface area contributed by atoms with Crippen LogP contribution in [0.15, 0.2) is 0 Å². The SMILES string of the molecule is CC(C)C1CNCC(CC(C)C2CCNCC2)C1. The minimum atomic E-state index is 0.842. The molecule has 2 fully saturated rings. The van der Waals surface area contributed by atoms with Crippen molar-refractivity contribution in [3.63, 3.8) is 0 Å². The maximum Gasteiger partial charge on any atom is -0.00178 e. The molecule has 2 heterocycles. The van der Waals surface area contributed by atoms with E-state index in [1.807, 2.05) is 0 Å². The Labute approximate surface area is 113 Å². The first kappa shape index (κ1) is 14.3. The van der Waals surface area contributed by atoms with Crippen molar-refractivity contribution in [1.29, 1.82) is 0 Å². The van der Waals surface area contributed by atoms with Gasteiger partial charge in [-0.15, -0.1) is 0 Å². The van der Waals surface area contributed by atoms with E-state index in [2.05, 4.69) is 31.4 Å². The maximum absolute atomic E-state index is 3.66. The van der Waals surface area contributed by atoms with Crippen molar-refractivity contribution < 1.29 is 0 Å². The third-order valence-electron chi connectivity index (χ3n) is 5.31. The fourth-order valence-corrected chi connectivity index (χ4v) is 3.89. The van der Waals surface area contributed by atoms with Gasteiger partial charge in [0.1, 0.15) is 0 Å². The minimum Gasteiger partial charge on any atom is -0.317 e. The second-order valence-corrected chi connectivity index (χ2v) is 7.06. The van der Waals surface area contributed by atoms with E-state index < -0.39 is 0 Å². The van der Waals surface area contributed by atoms with E-state index in [-0.39, 0.29) is 0 Å². The van der Waals surface area contributed by atoms with E-state index in [1.165, 1.54) is 51.9 Å². The zero-order chi connectivity index (χ0) is 13.0. The van der Waals surface area contributed by atoms with Gasteiger partial charge in [0.2, 0.25) is 0 Å². The normalized spacial score (nSPS) is 32.7. The van der Waals surface area contributed by atoms with Crippen LogP contribution < -0.4 is 10.6 Å². The standard InChI is InChI=1S/C16H32N2/c1-12(2)16-9-14(10-18-11-16)8-13(3)15-4-6-17-7-5-15/h12-18H,4-11H2,1-3H3. The predicted octanol–water partition coefficient (Wildman–Crippen LogP) is 2.89. The van der Waals surface area contributed by atoms with Gasteiger partial charge >= 0.3 is 0 Å². The molecule has 3 unspecified atom stereocenters. The molecule has 2 aliphatic heterocycles. The molecule has 2 aliphatic rings. The Balaban J connectivity index is 1.77. The lowest BCUT2D eigenvalue weighted by molar-refractivity contribution is 0.175. The lowest BCUT2D eigenvalue weighted by Gasteiger charge is -2.36. The molecule has 0 bridgehead atoms. The van der Waals surface area contributed by atoms with Gasteiger partial charge in [-0.05, 0) is 81.5 Å². The molecule has 0 spiro atoms. The highest BCUT2D eigenvalue weighted by Gasteiger charge is 2.27. The number of hydrogen-bond donors (Lipinski definition) is 2. The molecule has 2 N–H and O–H groups in total. The summed E-state index contributed by atoms with van der Waals surface area (Å²) in [4.78, 5) is 0. The lowest BCUT2D eigenvalue weighted by atomic mass is 9.75. The van der Waals surface area contributed by atoms with E-state index in [9.17, 15) is 0 Å². The molecule has 0 aliphatic carbocycles. The van der Waals surface area contributed by atoms with Crippen molar-refractivity contribution in [3.8, 4) is 0 Å². The zero-order valence-corrected chi connectivity index (χ0v) is 12.5.